The number of anilines is 1. The van der Waals surface area contributed by atoms with Crippen LogP contribution in [-0.2, 0) is 6.42 Å². The van der Waals surface area contributed by atoms with Gasteiger partial charge in [0, 0.05) is 11.9 Å². The van der Waals surface area contributed by atoms with Gasteiger partial charge < -0.3 is 5.32 Å². The van der Waals surface area contributed by atoms with Crippen LogP contribution >= 0.6 is 11.3 Å². The summed E-state index contributed by atoms with van der Waals surface area (Å²) in [4.78, 5) is 5.87. The highest BCUT2D eigenvalue weighted by molar-refractivity contribution is 7.15. The molecule has 0 aromatic carbocycles. The molecule has 0 amide bonds. The number of nitrogens with zero attached hydrogens (tertiary/aromatic N) is 1. The Kier molecular flexibility index (Phi) is 4.22. The van der Waals surface area contributed by atoms with Gasteiger partial charge in [-0.25, -0.2) is 4.98 Å². The van der Waals surface area contributed by atoms with Crippen LogP contribution in [0.5, 0.6) is 0 Å². The molecule has 1 rings (SSSR count). The highest BCUT2D eigenvalue weighted by Crippen LogP contribution is 2.22. The molecule has 0 atom stereocenters. The zero-order valence-corrected chi connectivity index (χ0v) is 9.50. The minimum absolute atomic E-state index is 1.05. The van der Waals surface area contributed by atoms with Crippen LogP contribution in [0.3, 0.4) is 0 Å². The smallest absolute Gasteiger partial charge is 0.182 e. The third-order valence-corrected chi connectivity index (χ3v) is 3.15. The number of aromatic nitrogens is 1. The highest BCUT2D eigenvalue weighted by Gasteiger charge is 2.05. The third-order valence-electron chi connectivity index (χ3n) is 2.12. The lowest BCUT2D eigenvalue weighted by molar-refractivity contribution is 0.708. The lowest BCUT2D eigenvalue weighted by Gasteiger charge is -1.96. The summed E-state index contributed by atoms with van der Waals surface area (Å²) in [5.41, 5.74) is 1.28. The van der Waals surface area contributed by atoms with Crippen molar-refractivity contribution in [1.82, 2.24) is 4.98 Å². The van der Waals surface area contributed by atoms with Gasteiger partial charge in [-0.1, -0.05) is 19.8 Å². The summed E-state index contributed by atoms with van der Waals surface area (Å²) in [5.74, 6) is 0. The fourth-order valence-electron chi connectivity index (χ4n) is 1.31. The van der Waals surface area contributed by atoms with E-state index < -0.39 is 0 Å². The minimum atomic E-state index is 1.05. The SMILES string of the molecule is CCCCCc1nc(NC)sc1C. The molecule has 0 fully saturated rings. The molecule has 0 radical (unpaired) electrons. The minimum Gasteiger partial charge on any atom is -0.365 e. The molecule has 74 valence electrons. The molecular weight excluding hydrogens is 180 g/mol. The van der Waals surface area contributed by atoms with Gasteiger partial charge in [0.15, 0.2) is 5.13 Å². The van der Waals surface area contributed by atoms with E-state index in [-0.39, 0.29) is 0 Å². The summed E-state index contributed by atoms with van der Waals surface area (Å²) in [6.45, 7) is 4.38. The fourth-order valence-corrected chi connectivity index (χ4v) is 2.12. The van der Waals surface area contributed by atoms with Crippen molar-refractivity contribution >= 4 is 16.5 Å². The largest absolute Gasteiger partial charge is 0.365 e. The number of nitrogens with one attached hydrogen (secondary N) is 1. The summed E-state index contributed by atoms with van der Waals surface area (Å²) in [6.07, 6.45) is 5.00. The number of thiazole rings is 1. The Morgan fingerprint density at radius 3 is 2.69 bits per heavy atom. The van der Waals surface area contributed by atoms with E-state index in [2.05, 4.69) is 24.1 Å². The van der Waals surface area contributed by atoms with E-state index >= 15 is 0 Å². The molecule has 0 aliphatic rings. The van der Waals surface area contributed by atoms with Gasteiger partial charge in [-0.3, -0.25) is 0 Å². The first-order chi connectivity index (χ1) is 6.27. The topological polar surface area (TPSA) is 24.9 Å². The second-order valence-corrected chi connectivity index (χ2v) is 4.43. The molecule has 0 saturated heterocycles. The van der Waals surface area contributed by atoms with E-state index in [1.807, 2.05) is 7.05 Å². The Morgan fingerprint density at radius 2 is 2.15 bits per heavy atom. The van der Waals surface area contributed by atoms with Crippen molar-refractivity contribution < 1.29 is 0 Å². The van der Waals surface area contributed by atoms with Crippen molar-refractivity contribution in [3.05, 3.63) is 10.6 Å². The highest BCUT2D eigenvalue weighted by atomic mass is 32.1. The molecule has 2 nitrogen and oxygen atoms in total. The Bertz CT molecular complexity index is 255. The first-order valence-corrected chi connectivity index (χ1v) is 5.73. The predicted molar refractivity (Wildman–Crippen MR) is 59.6 cm³/mol. The molecule has 3 heteroatoms. The Balaban J connectivity index is 2.50. The van der Waals surface area contributed by atoms with Crippen molar-refractivity contribution in [2.75, 3.05) is 12.4 Å². The lowest BCUT2D eigenvalue weighted by Crippen LogP contribution is -1.90. The van der Waals surface area contributed by atoms with Crippen LogP contribution in [0.15, 0.2) is 0 Å². The summed E-state index contributed by atoms with van der Waals surface area (Å²) >= 11 is 1.75. The second kappa shape index (κ2) is 5.22. The maximum absolute atomic E-state index is 4.51. The average Bonchev–Trinajstić information content (AvgIpc) is 2.48. The summed E-state index contributed by atoms with van der Waals surface area (Å²) in [6, 6.07) is 0. The number of hydrogen-bond donors (Lipinski definition) is 1. The average molecular weight is 198 g/mol. The second-order valence-electron chi connectivity index (χ2n) is 3.23. The molecule has 0 saturated carbocycles. The zero-order valence-electron chi connectivity index (χ0n) is 8.68. The molecular formula is C10H18N2S. The van der Waals surface area contributed by atoms with Crippen LogP contribution in [0.1, 0.15) is 36.8 Å². The van der Waals surface area contributed by atoms with E-state index in [9.17, 15) is 0 Å². The Labute approximate surface area is 84.4 Å². The van der Waals surface area contributed by atoms with Crippen molar-refractivity contribution in [1.29, 1.82) is 0 Å². The Morgan fingerprint density at radius 1 is 1.38 bits per heavy atom. The maximum atomic E-state index is 4.51. The van der Waals surface area contributed by atoms with Crippen LogP contribution in [0.4, 0.5) is 5.13 Å². The molecule has 0 spiro atoms. The number of unbranched alkanes of at least 4 members (excludes halogenated alkanes) is 2. The fraction of sp³-hybridized carbons (Fsp3) is 0.700. The van der Waals surface area contributed by atoms with Crippen LogP contribution < -0.4 is 5.32 Å². The molecule has 1 N–H and O–H groups in total. The Hall–Kier alpha value is -0.570. The van der Waals surface area contributed by atoms with Gasteiger partial charge in [0.25, 0.3) is 0 Å². The van der Waals surface area contributed by atoms with Crippen LogP contribution in [0, 0.1) is 6.92 Å². The van der Waals surface area contributed by atoms with Crippen molar-refractivity contribution in [3.63, 3.8) is 0 Å². The molecule has 1 aromatic rings. The summed E-state index contributed by atoms with van der Waals surface area (Å²) < 4.78 is 0. The van der Waals surface area contributed by atoms with Gasteiger partial charge in [-0.15, -0.1) is 11.3 Å². The van der Waals surface area contributed by atoms with E-state index in [0.29, 0.717) is 0 Å². The van der Waals surface area contributed by atoms with Crippen molar-refractivity contribution in [3.8, 4) is 0 Å². The zero-order chi connectivity index (χ0) is 9.68. The van der Waals surface area contributed by atoms with Gasteiger partial charge in [0.2, 0.25) is 0 Å². The molecule has 13 heavy (non-hydrogen) atoms. The molecule has 1 heterocycles. The van der Waals surface area contributed by atoms with Gasteiger partial charge in [0.1, 0.15) is 0 Å². The number of rotatable bonds is 5. The standard InChI is InChI=1S/C10H18N2S/c1-4-5-6-7-9-8(2)13-10(11-3)12-9/h4-7H2,1-3H3,(H,11,12). The molecule has 0 bridgehead atoms. The maximum Gasteiger partial charge on any atom is 0.182 e. The van der Waals surface area contributed by atoms with Crippen LogP contribution in [-0.4, -0.2) is 12.0 Å². The van der Waals surface area contributed by atoms with Gasteiger partial charge in [0.05, 0.1) is 5.69 Å². The van der Waals surface area contributed by atoms with E-state index in [1.54, 1.807) is 11.3 Å². The van der Waals surface area contributed by atoms with E-state index in [1.165, 1.54) is 29.8 Å². The number of aryl methyl sites for hydroxylation is 2. The summed E-state index contributed by atoms with van der Waals surface area (Å²) in [7, 11) is 1.92. The van der Waals surface area contributed by atoms with Gasteiger partial charge in [-0.05, 0) is 19.8 Å². The summed E-state index contributed by atoms with van der Waals surface area (Å²) in [5, 5.41) is 4.13. The van der Waals surface area contributed by atoms with E-state index in [0.717, 1.165) is 11.6 Å². The van der Waals surface area contributed by atoms with Crippen LogP contribution in [0.2, 0.25) is 0 Å². The van der Waals surface area contributed by atoms with Crippen molar-refractivity contribution in [2.45, 2.75) is 39.5 Å². The van der Waals surface area contributed by atoms with Crippen LogP contribution in [0.25, 0.3) is 0 Å². The molecule has 0 unspecified atom stereocenters. The van der Waals surface area contributed by atoms with Crippen molar-refractivity contribution in [2.24, 2.45) is 0 Å². The third kappa shape index (κ3) is 2.99. The monoisotopic (exact) mass is 198 g/mol. The number of hydrogen-bond acceptors (Lipinski definition) is 3. The van der Waals surface area contributed by atoms with E-state index in [4.69, 9.17) is 0 Å². The van der Waals surface area contributed by atoms with Gasteiger partial charge in [-0.2, -0.15) is 0 Å². The lowest BCUT2D eigenvalue weighted by atomic mass is 10.1. The predicted octanol–water partition coefficient (Wildman–Crippen LogP) is 3.23. The molecule has 1 aromatic heterocycles. The normalized spacial score (nSPS) is 10.4. The quantitative estimate of drug-likeness (QED) is 0.735. The first-order valence-electron chi connectivity index (χ1n) is 4.92. The molecule has 0 aliphatic carbocycles. The first kappa shape index (κ1) is 10.5. The van der Waals surface area contributed by atoms with Gasteiger partial charge >= 0.3 is 0 Å². The molecule has 0 aliphatic heterocycles.